The van der Waals surface area contributed by atoms with Crippen LogP contribution in [0.2, 0.25) is 0 Å². The lowest BCUT2D eigenvalue weighted by molar-refractivity contribution is 0.249. The molecule has 1 N–H and O–H groups in total. The molecule has 1 aliphatic heterocycles. The van der Waals surface area contributed by atoms with Gasteiger partial charge >= 0.3 is 0 Å². The van der Waals surface area contributed by atoms with E-state index in [0.717, 1.165) is 50.5 Å². The van der Waals surface area contributed by atoms with Gasteiger partial charge in [-0.2, -0.15) is 5.21 Å². The van der Waals surface area contributed by atoms with Crippen molar-refractivity contribution in [3.05, 3.63) is 33.9 Å². The maximum Gasteiger partial charge on any atom is 0.225 e. The minimum atomic E-state index is 0.548. The quantitative estimate of drug-likeness (QED) is 0.683. The smallest absolute Gasteiger partial charge is 0.225 e. The topological polar surface area (TPSA) is 86.7 Å². The monoisotopic (exact) mass is 398 g/mol. The maximum absolute atomic E-state index is 4.69. The van der Waals surface area contributed by atoms with Crippen LogP contribution in [0.4, 0.5) is 5.69 Å². The lowest BCUT2D eigenvalue weighted by Gasteiger charge is -2.36. The Hall–Kier alpha value is -2.39. The standard InChI is InChI=1S/C19H26N8S/c1-13(2)8-15-9-16(18(21-11-15)19-22-24-25-23-19)27-6-4-26(5-7-27)12-17-20-10-14(3)28-17/h9-11,13H,4-8,12H2,1-3H3,(H,22,23,24,25). The van der Waals surface area contributed by atoms with Crippen LogP contribution in [0.25, 0.3) is 11.5 Å². The Bertz CT molecular complexity index is 897. The van der Waals surface area contributed by atoms with Gasteiger partial charge in [-0.05, 0) is 36.1 Å². The van der Waals surface area contributed by atoms with E-state index in [1.165, 1.54) is 15.4 Å². The molecule has 28 heavy (non-hydrogen) atoms. The molecule has 3 aromatic rings. The van der Waals surface area contributed by atoms with Gasteiger partial charge in [0.15, 0.2) is 0 Å². The van der Waals surface area contributed by atoms with E-state index in [0.29, 0.717) is 11.7 Å². The number of nitrogens with one attached hydrogen (secondary N) is 1. The Morgan fingerprint density at radius 2 is 1.96 bits per heavy atom. The summed E-state index contributed by atoms with van der Waals surface area (Å²) in [5.41, 5.74) is 3.15. The Balaban J connectivity index is 1.51. The van der Waals surface area contributed by atoms with Crippen LogP contribution in [-0.2, 0) is 13.0 Å². The molecule has 0 aromatic carbocycles. The van der Waals surface area contributed by atoms with Crippen LogP contribution >= 0.6 is 11.3 Å². The number of aromatic amines is 1. The molecule has 8 nitrogen and oxygen atoms in total. The van der Waals surface area contributed by atoms with Crippen molar-refractivity contribution in [1.82, 2.24) is 35.5 Å². The van der Waals surface area contributed by atoms with Gasteiger partial charge in [0.05, 0.1) is 12.2 Å². The highest BCUT2D eigenvalue weighted by Crippen LogP contribution is 2.29. The van der Waals surface area contributed by atoms with Crippen LogP contribution in [0.5, 0.6) is 0 Å². The predicted octanol–water partition coefficient (Wildman–Crippen LogP) is 2.55. The van der Waals surface area contributed by atoms with E-state index in [9.17, 15) is 0 Å². The number of tetrazole rings is 1. The number of thiazole rings is 1. The van der Waals surface area contributed by atoms with Gasteiger partial charge in [0.1, 0.15) is 10.7 Å². The third kappa shape index (κ3) is 4.36. The summed E-state index contributed by atoms with van der Waals surface area (Å²) in [7, 11) is 0. The molecule has 0 saturated carbocycles. The Morgan fingerprint density at radius 3 is 2.61 bits per heavy atom. The second kappa shape index (κ2) is 8.32. The van der Waals surface area contributed by atoms with Crippen molar-refractivity contribution >= 4 is 17.0 Å². The van der Waals surface area contributed by atoms with Gasteiger partial charge in [-0.25, -0.2) is 4.98 Å². The molecule has 4 heterocycles. The van der Waals surface area contributed by atoms with Crippen LogP contribution in [0.3, 0.4) is 0 Å². The molecule has 4 rings (SSSR count). The van der Waals surface area contributed by atoms with Gasteiger partial charge < -0.3 is 4.90 Å². The molecule has 0 spiro atoms. The first-order valence-electron chi connectivity index (χ1n) is 9.70. The van der Waals surface area contributed by atoms with E-state index < -0.39 is 0 Å². The molecular formula is C19H26N8S. The molecule has 9 heteroatoms. The van der Waals surface area contributed by atoms with Gasteiger partial charge in [0.2, 0.25) is 5.82 Å². The molecule has 0 aliphatic carbocycles. The van der Waals surface area contributed by atoms with Crippen molar-refractivity contribution in [3.8, 4) is 11.5 Å². The van der Waals surface area contributed by atoms with Gasteiger partial charge in [-0.1, -0.05) is 13.8 Å². The third-order valence-corrected chi connectivity index (χ3v) is 5.76. The van der Waals surface area contributed by atoms with Crippen LogP contribution < -0.4 is 4.90 Å². The second-order valence-electron chi connectivity index (χ2n) is 7.67. The number of pyridine rings is 1. The summed E-state index contributed by atoms with van der Waals surface area (Å²) in [6.07, 6.45) is 4.91. The summed E-state index contributed by atoms with van der Waals surface area (Å²) < 4.78 is 0. The van der Waals surface area contributed by atoms with Crippen molar-refractivity contribution in [2.45, 2.75) is 33.7 Å². The predicted molar refractivity (Wildman–Crippen MR) is 110 cm³/mol. The first-order valence-corrected chi connectivity index (χ1v) is 10.5. The number of anilines is 1. The van der Waals surface area contributed by atoms with Crippen molar-refractivity contribution in [2.24, 2.45) is 5.92 Å². The SMILES string of the molecule is Cc1cnc(CN2CCN(c3cc(CC(C)C)cnc3-c3nn[nH]n3)CC2)s1. The zero-order valence-electron chi connectivity index (χ0n) is 16.6. The van der Waals surface area contributed by atoms with Crippen LogP contribution in [0.15, 0.2) is 18.5 Å². The van der Waals surface area contributed by atoms with Crippen LogP contribution in [-0.4, -0.2) is 61.7 Å². The van der Waals surface area contributed by atoms with Crippen LogP contribution in [0, 0.1) is 12.8 Å². The van der Waals surface area contributed by atoms with E-state index in [2.05, 4.69) is 62.2 Å². The highest BCUT2D eigenvalue weighted by Gasteiger charge is 2.23. The van der Waals surface area contributed by atoms with E-state index in [-0.39, 0.29) is 0 Å². The van der Waals surface area contributed by atoms with Crippen LogP contribution in [0.1, 0.15) is 29.3 Å². The number of hydrogen-bond donors (Lipinski definition) is 1. The van der Waals surface area contributed by atoms with E-state index in [1.807, 2.05) is 12.4 Å². The summed E-state index contributed by atoms with van der Waals surface area (Å²) in [6.45, 7) is 11.4. The molecule has 0 atom stereocenters. The van der Waals surface area contributed by atoms with Gasteiger partial charge in [-0.3, -0.25) is 9.88 Å². The summed E-state index contributed by atoms with van der Waals surface area (Å²) in [4.78, 5) is 15.3. The number of aromatic nitrogens is 6. The third-order valence-electron chi connectivity index (χ3n) is 4.87. The Labute approximate surface area is 169 Å². The lowest BCUT2D eigenvalue weighted by atomic mass is 10.0. The van der Waals surface area contributed by atoms with E-state index in [1.54, 1.807) is 11.3 Å². The molecule has 148 valence electrons. The zero-order valence-corrected chi connectivity index (χ0v) is 17.4. The molecule has 0 amide bonds. The number of H-pyrrole nitrogens is 1. The fraction of sp³-hybridized carbons (Fsp3) is 0.526. The summed E-state index contributed by atoms with van der Waals surface area (Å²) in [5, 5.41) is 15.7. The van der Waals surface area contributed by atoms with Crippen molar-refractivity contribution in [1.29, 1.82) is 0 Å². The first kappa shape index (κ1) is 18.9. The summed E-state index contributed by atoms with van der Waals surface area (Å²) in [6, 6.07) is 2.25. The van der Waals surface area contributed by atoms with Crippen molar-refractivity contribution < 1.29 is 0 Å². The van der Waals surface area contributed by atoms with E-state index in [4.69, 9.17) is 4.98 Å². The fourth-order valence-corrected chi connectivity index (χ4v) is 4.40. The average molecular weight is 399 g/mol. The number of hydrogen-bond acceptors (Lipinski definition) is 8. The molecule has 0 unspecified atom stereocenters. The highest BCUT2D eigenvalue weighted by atomic mass is 32.1. The van der Waals surface area contributed by atoms with Crippen molar-refractivity contribution in [2.75, 3.05) is 31.1 Å². The van der Waals surface area contributed by atoms with E-state index >= 15 is 0 Å². The molecule has 0 bridgehead atoms. The number of nitrogens with zero attached hydrogens (tertiary/aromatic N) is 7. The summed E-state index contributed by atoms with van der Waals surface area (Å²) >= 11 is 1.78. The Morgan fingerprint density at radius 1 is 1.14 bits per heavy atom. The second-order valence-corrected chi connectivity index (χ2v) is 8.99. The highest BCUT2D eigenvalue weighted by molar-refractivity contribution is 7.11. The Kier molecular flexibility index (Phi) is 5.63. The molecule has 1 fully saturated rings. The zero-order chi connectivity index (χ0) is 19.5. The molecular weight excluding hydrogens is 372 g/mol. The minimum Gasteiger partial charge on any atom is -0.367 e. The number of piperazine rings is 1. The summed E-state index contributed by atoms with van der Waals surface area (Å²) in [5.74, 6) is 1.14. The van der Waals surface area contributed by atoms with Gasteiger partial charge in [0, 0.05) is 43.4 Å². The molecule has 3 aromatic heterocycles. The molecule has 1 saturated heterocycles. The van der Waals surface area contributed by atoms with Crippen molar-refractivity contribution in [3.63, 3.8) is 0 Å². The normalized spacial score (nSPS) is 15.5. The van der Waals surface area contributed by atoms with Gasteiger partial charge in [-0.15, -0.1) is 21.5 Å². The largest absolute Gasteiger partial charge is 0.367 e. The fourth-order valence-electron chi connectivity index (χ4n) is 3.57. The number of aryl methyl sites for hydroxylation is 1. The number of rotatable bonds is 6. The average Bonchev–Trinajstić information content (AvgIpc) is 3.34. The maximum atomic E-state index is 4.69. The first-order chi connectivity index (χ1) is 13.6. The minimum absolute atomic E-state index is 0.548. The molecule has 1 aliphatic rings. The van der Waals surface area contributed by atoms with Gasteiger partial charge in [0.25, 0.3) is 0 Å². The lowest BCUT2D eigenvalue weighted by Crippen LogP contribution is -2.46. The molecule has 0 radical (unpaired) electrons.